The Morgan fingerprint density at radius 2 is 2.05 bits per heavy atom. The van der Waals surface area contributed by atoms with Crippen molar-refractivity contribution in [3.63, 3.8) is 0 Å². The summed E-state index contributed by atoms with van der Waals surface area (Å²) in [6.45, 7) is -0.375. The Morgan fingerprint density at radius 1 is 1.45 bits per heavy atom. The van der Waals surface area contributed by atoms with Crippen LogP contribution in [0.2, 0.25) is 0 Å². The van der Waals surface area contributed by atoms with Gasteiger partial charge < -0.3 is 0 Å². The number of hydrogen-bond acceptors (Lipinski definition) is 5. The van der Waals surface area contributed by atoms with Crippen molar-refractivity contribution in [2.24, 2.45) is 10.2 Å². The summed E-state index contributed by atoms with van der Waals surface area (Å²) in [7, 11) is -2.77. The molecule has 0 aliphatic carbocycles. The highest BCUT2D eigenvalue weighted by atomic mass is 79.9. The predicted octanol–water partition coefficient (Wildman–Crippen LogP) is 1.91. The number of alkyl halides is 3. The van der Waals surface area contributed by atoms with E-state index in [0.717, 1.165) is 4.31 Å². The molecule has 0 bridgehead atoms. The van der Waals surface area contributed by atoms with Gasteiger partial charge in [0.1, 0.15) is 0 Å². The van der Waals surface area contributed by atoms with Crippen molar-refractivity contribution in [2.45, 2.75) is 23.3 Å². The van der Waals surface area contributed by atoms with Gasteiger partial charge >= 0.3 is 6.18 Å². The Bertz CT molecular complexity index is 635. The maximum atomic E-state index is 12.6. The minimum Gasteiger partial charge on any atom is -0.265 e. The summed E-state index contributed by atoms with van der Waals surface area (Å²) in [5.41, 5.74) is -2.46. The van der Waals surface area contributed by atoms with Crippen LogP contribution in [0.4, 0.5) is 13.2 Å². The molecule has 1 aliphatic heterocycles. The maximum absolute atomic E-state index is 12.6. The van der Waals surface area contributed by atoms with Gasteiger partial charge in [0.05, 0.1) is 10.7 Å². The largest absolute Gasteiger partial charge is 0.437 e. The summed E-state index contributed by atoms with van der Waals surface area (Å²) in [5, 5.41) is 11.6. The molecule has 0 atom stereocenters. The first-order chi connectivity index (χ1) is 9.10. The Morgan fingerprint density at radius 3 is 2.45 bits per heavy atom. The molecule has 1 aliphatic rings. The zero-order chi connectivity index (χ0) is 15.2. The summed E-state index contributed by atoms with van der Waals surface area (Å²) in [5.74, 6) is 0. The standard InChI is InChI=1S/C8H9BrF3N5O2S/c1-17(3-2-7(15-16-7)8(10,11)12)20(18,19)6-5(9)4-13-14-6/h4H,2-3H2,1H3,(H,13,14). The zero-order valence-corrected chi connectivity index (χ0v) is 12.4. The third kappa shape index (κ3) is 2.59. The van der Waals surface area contributed by atoms with Gasteiger partial charge in [-0.2, -0.15) is 22.6 Å². The molecule has 2 heterocycles. The third-order valence-corrected chi connectivity index (χ3v) is 5.49. The van der Waals surface area contributed by atoms with Gasteiger partial charge in [-0.1, -0.05) is 0 Å². The fraction of sp³-hybridized carbons (Fsp3) is 0.625. The maximum Gasteiger partial charge on any atom is 0.437 e. The third-order valence-electron chi connectivity index (χ3n) is 2.80. The smallest absolute Gasteiger partial charge is 0.265 e. The van der Waals surface area contributed by atoms with E-state index >= 15 is 0 Å². The van der Waals surface area contributed by atoms with Crippen LogP contribution in [0, 0.1) is 0 Å². The molecule has 0 saturated heterocycles. The molecule has 1 aromatic rings. The highest BCUT2D eigenvalue weighted by Gasteiger charge is 2.63. The fourth-order valence-corrected chi connectivity index (χ4v) is 3.36. The normalized spacial score (nSPS) is 17.7. The molecular formula is C8H9BrF3N5O2S. The SMILES string of the molecule is CN(CCC1(C(F)(F)F)N=N1)S(=O)(=O)c1[nH]ncc1Br. The van der Waals surface area contributed by atoms with Crippen LogP contribution in [0.5, 0.6) is 0 Å². The lowest BCUT2D eigenvalue weighted by molar-refractivity contribution is -0.165. The molecule has 112 valence electrons. The van der Waals surface area contributed by atoms with E-state index in [1.165, 1.54) is 13.2 Å². The van der Waals surface area contributed by atoms with Crippen LogP contribution >= 0.6 is 15.9 Å². The van der Waals surface area contributed by atoms with Crippen molar-refractivity contribution in [3.05, 3.63) is 10.7 Å². The second-order valence-corrected chi connectivity index (χ2v) is 6.97. The van der Waals surface area contributed by atoms with Gasteiger partial charge in [-0.15, -0.1) is 10.2 Å². The van der Waals surface area contributed by atoms with Crippen LogP contribution in [0.3, 0.4) is 0 Å². The first-order valence-electron chi connectivity index (χ1n) is 5.26. The monoisotopic (exact) mass is 375 g/mol. The molecule has 2 rings (SSSR count). The topological polar surface area (TPSA) is 90.8 Å². The average Bonchev–Trinajstić information content (AvgIpc) is 3.01. The van der Waals surface area contributed by atoms with Gasteiger partial charge in [0.2, 0.25) is 0 Å². The van der Waals surface area contributed by atoms with Crippen molar-refractivity contribution in [1.82, 2.24) is 14.5 Å². The average molecular weight is 376 g/mol. The first kappa shape index (κ1) is 15.4. The van der Waals surface area contributed by atoms with Crippen LogP contribution < -0.4 is 0 Å². The van der Waals surface area contributed by atoms with E-state index in [4.69, 9.17) is 0 Å². The van der Waals surface area contributed by atoms with Gasteiger partial charge in [-0.25, -0.2) is 8.42 Å². The summed E-state index contributed by atoms with van der Waals surface area (Å²) >= 11 is 2.99. The van der Waals surface area contributed by atoms with Crippen LogP contribution in [0.1, 0.15) is 6.42 Å². The second kappa shape index (κ2) is 4.77. The molecule has 0 saturated carbocycles. The Labute approximate surface area is 120 Å². The molecule has 12 heteroatoms. The number of nitrogens with zero attached hydrogens (tertiary/aromatic N) is 4. The zero-order valence-electron chi connectivity index (χ0n) is 10.0. The van der Waals surface area contributed by atoms with Crippen LogP contribution in [-0.4, -0.2) is 48.4 Å². The molecule has 0 aromatic carbocycles. The van der Waals surface area contributed by atoms with Crippen LogP contribution in [-0.2, 0) is 10.0 Å². The molecule has 0 unspecified atom stereocenters. The van der Waals surface area contributed by atoms with Crippen LogP contribution in [0.25, 0.3) is 0 Å². The molecular weight excluding hydrogens is 367 g/mol. The highest BCUT2D eigenvalue weighted by Crippen LogP contribution is 2.46. The van der Waals surface area contributed by atoms with Crippen LogP contribution in [0.15, 0.2) is 25.9 Å². The molecule has 0 amide bonds. The molecule has 0 spiro atoms. The minimum atomic E-state index is -4.60. The predicted molar refractivity (Wildman–Crippen MR) is 64.4 cm³/mol. The molecule has 1 N–H and O–H groups in total. The number of halogens is 4. The Hall–Kier alpha value is -1.01. The van der Waals surface area contributed by atoms with Gasteiger partial charge in [0, 0.05) is 20.0 Å². The number of aromatic nitrogens is 2. The van der Waals surface area contributed by atoms with Gasteiger partial charge in [-0.05, 0) is 15.9 Å². The fourth-order valence-electron chi connectivity index (χ4n) is 1.45. The second-order valence-electron chi connectivity index (χ2n) is 4.14. The molecule has 1 aromatic heterocycles. The summed E-state index contributed by atoms with van der Waals surface area (Å²) in [6, 6.07) is 0. The van der Waals surface area contributed by atoms with E-state index in [2.05, 4.69) is 36.4 Å². The van der Waals surface area contributed by atoms with Crippen molar-refractivity contribution in [3.8, 4) is 0 Å². The van der Waals surface area contributed by atoms with Crippen molar-refractivity contribution >= 4 is 26.0 Å². The molecule has 0 fully saturated rings. The number of rotatable bonds is 5. The lowest BCUT2D eigenvalue weighted by atomic mass is 10.1. The van der Waals surface area contributed by atoms with Crippen molar-refractivity contribution < 1.29 is 21.6 Å². The summed E-state index contributed by atoms with van der Waals surface area (Å²) < 4.78 is 63.0. The lowest BCUT2D eigenvalue weighted by Crippen LogP contribution is -2.38. The quantitative estimate of drug-likeness (QED) is 0.851. The molecule has 0 radical (unpaired) electrons. The van der Waals surface area contributed by atoms with E-state index in [1.54, 1.807) is 0 Å². The highest BCUT2D eigenvalue weighted by molar-refractivity contribution is 9.10. The number of aromatic amines is 1. The molecule has 20 heavy (non-hydrogen) atoms. The summed E-state index contributed by atoms with van der Waals surface area (Å²) in [4.78, 5) is 0. The van der Waals surface area contributed by atoms with Crippen molar-refractivity contribution in [2.75, 3.05) is 13.6 Å². The lowest BCUT2D eigenvalue weighted by Gasteiger charge is -2.19. The van der Waals surface area contributed by atoms with Gasteiger partial charge in [-0.3, -0.25) is 5.10 Å². The number of nitrogens with one attached hydrogen (secondary N) is 1. The van der Waals surface area contributed by atoms with E-state index in [9.17, 15) is 21.6 Å². The van der Waals surface area contributed by atoms with E-state index < -0.39 is 28.3 Å². The summed E-state index contributed by atoms with van der Waals surface area (Å²) in [6.07, 6.45) is -3.92. The molecule has 7 nitrogen and oxygen atoms in total. The Balaban J connectivity index is 2.07. The van der Waals surface area contributed by atoms with E-state index in [-0.39, 0.29) is 16.0 Å². The number of H-pyrrole nitrogens is 1. The number of hydrogen-bond donors (Lipinski definition) is 1. The van der Waals surface area contributed by atoms with Gasteiger partial charge in [0.15, 0.2) is 5.03 Å². The van der Waals surface area contributed by atoms with E-state index in [1.807, 2.05) is 0 Å². The number of sulfonamides is 1. The first-order valence-corrected chi connectivity index (χ1v) is 7.49. The van der Waals surface area contributed by atoms with E-state index in [0.29, 0.717) is 0 Å². The Kier molecular flexibility index (Phi) is 3.67. The minimum absolute atomic E-state index is 0.204. The van der Waals surface area contributed by atoms with Gasteiger partial charge in [0.25, 0.3) is 15.7 Å². The van der Waals surface area contributed by atoms with Crippen molar-refractivity contribution in [1.29, 1.82) is 0 Å².